The van der Waals surface area contributed by atoms with E-state index in [-0.39, 0.29) is 70.1 Å². The average molecular weight is 1150 g/mol. The van der Waals surface area contributed by atoms with Crippen LogP contribution in [0.4, 0.5) is 22.7 Å². The Morgan fingerprint density at radius 2 is 0.725 bits per heavy atom. The Kier molecular flexibility index (Phi) is 30.3. The molecule has 22 nitrogen and oxygen atoms in total. The van der Waals surface area contributed by atoms with Gasteiger partial charge in [-0.25, -0.2) is 0 Å². The largest absolute Gasteiger partial charge is 2.00 e. The Labute approximate surface area is 421 Å². The van der Waals surface area contributed by atoms with Crippen molar-refractivity contribution in [2.24, 2.45) is 0 Å². The first-order valence-electron chi connectivity index (χ1n) is 22.8. The van der Waals surface area contributed by atoms with Crippen molar-refractivity contribution in [3.63, 3.8) is 0 Å². The molecule has 0 spiro atoms. The predicted octanol–water partition coefficient (Wildman–Crippen LogP) is 6.39. The summed E-state index contributed by atoms with van der Waals surface area (Å²) in [6.45, 7) is 12.8. The first-order valence-corrected chi connectivity index (χ1v) is 22.8. The summed E-state index contributed by atoms with van der Waals surface area (Å²) in [5.74, 6) is -1.88. The van der Waals surface area contributed by atoms with Gasteiger partial charge in [-0.3, -0.25) is 28.8 Å². The fourth-order valence-electron chi connectivity index (χ4n) is 6.96. The Balaban J connectivity index is 0.00000128. The van der Waals surface area contributed by atoms with Crippen molar-refractivity contribution >= 4 is 58.2 Å². The normalized spacial score (nSPS) is 10.5. The number of rotatable bonds is 26. The number of nitrogens with zero attached hydrogens (tertiary/aromatic N) is 6. The number of carbonyl (C=O) groups excluding carboxylic acids is 6. The zero-order valence-corrected chi connectivity index (χ0v) is 44.1. The molecule has 0 aliphatic carbocycles. The van der Waals surface area contributed by atoms with Crippen LogP contribution in [0.25, 0.3) is 11.5 Å². The molecule has 0 saturated heterocycles. The van der Waals surface area contributed by atoms with Gasteiger partial charge in [-0.15, -0.1) is 0 Å². The molecule has 23 heteroatoms. The second-order valence-corrected chi connectivity index (χ2v) is 16.4. The van der Waals surface area contributed by atoms with Crippen LogP contribution in [0.3, 0.4) is 0 Å². The first-order chi connectivity index (χ1) is 31.6. The molecule has 0 radical (unpaired) electrons. The second kappa shape index (κ2) is 33.0. The molecule has 0 saturated carbocycles. The molecule has 4 aromatic heterocycles. The summed E-state index contributed by atoms with van der Waals surface area (Å²) in [6.07, 6.45) is 12.0. The molecule has 4 heterocycles. The molecule has 0 atom stereocenters. The van der Waals surface area contributed by atoms with Crippen molar-refractivity contribution in [2.75, 3.05) is 88.7 Å². The van der Waals surface area contributed by atoms with Gasteiger partial charge in [-0.2, -0.15) is 0 Å². The molecule has 4 rings (SSSR count). The third-order valence-corrected chi connectivity index (χ3v) is 9.91. The SMILES string of the molecule is CCCn1cc(NC(=O)c2cc(NC(=O)C[NH-])cn2CCC)cc1C(=O)NCCCN(C)C.CCCn1cc(NC(=O)c2cc(NC(=O)C[NH-])cn2CCC)cc1C(=O)NCCCN(C)C.N.N.[Pt+2]. The van der Waals surface area contributed by atoms with E-state index in [0.29, 0.717) is 84.8 Å². The number of anilines is 4. The molecule has 14 N–H and O–H groups in total. The molecule has 0 aliphatic heterocycles. The van der Waals surface area contributed by atoms with Crippen molar-refractivity contribution in [1.82, 2.24) is 51.0 Å². The fourth-order valence-corrected chi connectivity index (χ4v) is 6.96. The minimum atomic E-state index is -0.437. The Morgan fingerprint density at radius 1 is 0.464 bits per heavy atom. The monoisotopic (exact) mass is 1150 g/mol. The van der Waals surface area contributed by atoms with Crippen LogP contribution in [-0.2, 0) is 56.8 Å². The number of aromatic nitrogens is 4. The molecule has 0 fully saturated rings. The summed E-state index contributed by atoms with van der Waals surface area (Å²) < 4.78 is 7.25. The van der Waals surface area contributed by atoms with Gasteiger partial charge in [0.2, 0.25) is 11.8 Å². The number of amides is 6. The van der Waals surface area contributed by atoms with Crippen LogP contribution >= 0.6 is 0 Å². The Hall–Kier alpha value is -5.61. The van der Waals surface area contributed by atoms with Gasteiger partial charge >= 0.3 is 21.1 Å². The molecule has 0 aliphatic rings. The van der Waals surface area contributed by atoms with E-state index >= 15 is 0 Å². The van der Waals surface area contributed by atoms with Crippen molar-refractivity contribution in [3.8, 4) is 0 Å². The number of hydrogen-bond donors (Lipinski definition) is 8. The van der Waals surface area contributed by atoms with Gasteiger partial charge in [-0.1, -0.05) is 40.8 Å². The molecule has 69 heavy (non-hydrogen) atoms. The Morgan fingerprint density at radius 3 is 0.971 bits per heavy atom. The molecular weight excluding hydrogens is 1070 g/mol. The molecule has 0 aromatic carbocycles. The van der Waals surface area contributed by atoms with Gasteiger partial charge in [0.1, 0.15) is 22.8 Å². The molecule has 4 aromatic rings. The number of nitrogens with one attached hydrogen (secondary N) is 8. The zero-order valence-electron chi connectivity index (χ0n) is 41.8. The topological polar surface area (TPSA) is 318 Å². The number of aryl methyl sites for hydroxylation is 4. The summed E-state index contributed by atoms with van der Waals surface area (Å²) in [5, 5.41) is 16.9. The van der Waals surface area contributed by atoms with E-state index in [1.165, 1.54) is 0 Å². The Bertz CT molecular complexity index is 2060. The van der Waals surface area contributed by atoms with E-state index in [1.807, 2.05) is 65.0 Å². The van der Waals surface area contributed by atoms with Gasteiger partial charge in [0, 0.05) is 64.1 Å². The summed E-state index contributed by atoms with van der Waals surface area (Å²) in [6, 6.07) is 6.56. The maximum absolute atomic E-state index is 13.0. The van der Waals surface area contributed by atoms with Crippen molar-refractivity contribution in [3.05, 3.63) is 83.3 Å². The quantitative estimate of drug-likeness (QED) is 0.0320. The van der Waals surface area contributed by atoms with Crippen LogP contribution in [-0.4, -0.2) is 131 Å². The van der Waals surface area contributed by atoms with E-state index in [4.69, 9.17) is 11.5 Å². The summed E-state index contributed by atoms with van der Waals surface area (Å²) >= 11 is 0. The first kappa shape index (κ1) is 63.4. The van der Waals surface area contributed by atoms with Crippen LogP contribution in [0, 0.1) is 0 Å². The fraction of sp³-hybridized carbons (Fsp3) is 0.522. The standard InChI is InChI=1S/2C23H36N7O3.2H3N.Pt/c2*1-5-9-29-16-18(13-19(29)22(32)25-8-7-11-28(3)4)27-23(33)20-12-17(26-21(31)14-24)15-30(20)10-6-2;;;/h2*12-13,15-16,24H,5-11,14H2,1-4H3,(H,25,32)(H,26,31)(H,27,33);2*1H3;/q2*-1;;;+2. The number of hydrogen-bond acceptors (Lipinski definition) is 10. The third-order valence-electron chi connectivity index (χ3n) is 9.91. The van der Waals surface area contributed by atoms with E-state index < -0.39 is 11.8 Å². The van der Waals surface area contributed by atoms with Crippen LogP contribution in [0.5, 0.6) is 0 Å². The molecule has 0 bridgehead atoms. The zero-order chi connectivity index (χ0) is 48.8. The van der Waals surface area contributed by atoms with Gasteiger partial charge < -0.3 is 83.7 Å². The summed E-state index contributed by atoms with van der Waals surface area (Å²) in [4.78, 5) is 78.7. The maximum Gasteiger partial charge on any atom is 2.00 e. The third kappa shape index (κ3) is 20.9. The van der Waals surface area contributed by atoms with Crippen molar-refractivity contribution < 1.29 is 49.8 Å². The van der Waals surface area contributed by atoms with E-state index in [0.717, 1.165) is 51.6 Å². The summed E-state index contributed by atoms with van der Waals surface area (Å²) in [5.41, 5.74) is 18.2. The van der Waals surface area contributed by atoms with Crippen molar-refractivity contribution in [2.45, 2.75) is 92.4 Å². The van der Waals surface area contributed by atoms with Gasteiger partial charge in [0.05, 0.1) is 22.7 Å². The van der Waals surface area contributed by atoms with Crippen LogP contribution in [0.1, 0.15) is 108 Å². The second-order valence-electron chi connectivity index (χ2n) is 16.4. The van der Waals surface area contributed by atoms with Gasteiger partial charge in [0.25, 0.3) is 23.6 Å². The van der Waals surface area contributed by atoms with Gasteiger partial charge in [0.15, 0.2) is 0 Å². The van der Waals surface area contributed by atoms with E-state index in [9.17, 15) is 28.8 Å². The maximum atomic E-state index is 13.0. The summed E-state index contributed by atoms with van der Waals surface area (Å²) in [7, 11) is 7.97. The molecule has 6 amide bonds. The average Bonchev–Trinajstić information content (AvgIpc) is 4.07. The van der Waals surface area contributed by atoms with Crippen LogP contribution in [0.2, 0.25) is 0 Å². The number of carbonyl (C=O) groups is 6. The van der Waals surface area contributed by atoms with E-state index in [2.05, 4.69) is 41.7 Å². The van der Waals surface area contributed by atoms with Gasteiger partial charge in [-0.05, 0) is 104 Å². The molecule has 0 unspecified atom stereocenters. The van der Waals surface area contributed by atoms with Crippen LogP contribution < -0.4 is 44.2 Å². The minimum Gasteiger partial charge on any atom is -0.670 e. The minimum absolute atomic E-state index is 0. The van der Waals surface area contributed by atoms with Crippen LogP contribution in [0.15, 0.2) is 49.1 Å². The molecule has 388 valence electrons. The van der Waals surface area contributed by atoms with E-state index in [1.54, 1.807) is 58.2 Å². The predicted molar refractivity (Wildman–Crippen MR) is 271 cm³/mol. The molecular formula is C46H78N16O6Pt. The smallest absolute Gasteiger partial charge is 0.670 e. The van der Waals surface area contributed by atoms with Crippen molar-refractivity contribution in [1.29, 1.82) is 0 Å².